The molecule has 0 saturated heterocycles. The highest BCUT2D eigenvalue weighted by Crippen LogP contribution is 2.12. The molecule has 92 valence electrons. The summed E-state index contributed by atoms with van der Waals surface area (Å²) < 4.78 is 3.98. The summed E-state index contributed by atoms with van der Waals surface area (Å²) in [5, 5.41) is 7.69. The van der Waals surface area contributed by atoms with Gasteiger partial charge in [0.25, 0.3) is 0 Å². The molecule has 0 saturated carbocycles. The zero-order chi connectivity index (χ0) is 12.3. The molecule has 0 bridgehead atoms. The molecular formula is C12H19N5. The number of hydrogen-bond donors (Lipinski definition) is 1. The van der Waals surface area contributed by atoms with Crippen LogP contribution < -0.4 is 5.32 Å². The van der Waals surface area contributed by atoms with Crippen LogP contribution in [0.15, 0.2) is 18.6 Å². The summed E-state index contributed by atoms with van der Waals surface area (Å²) in [5.74, 6) is 0.915. The summed E-state index contributed by atoms with van der Waals surface area (Å²) in [6.07, 6.45) is 6.85. The van der Waals surface area contributed by atoms with Crippen molar-refractivity contribution in [1.29, 1.82) is 0 Å². The maximum absolute atomic E-state index is 4.45. The predicted molar refractivity (Wildman–Crippen MR) is 68.1 cm³/mol. The van der Waals surface area contributed by atoms with E-state index in [1.165, 1.54) is 5.56 Å². The van der Waals surface area contributed by atoms with Crippen molar-refractivity contribution in [3.63, 3.8) is 0 Å². The third-order valence-electron chi connectivity index (χ3n) is 2.72. The molecule has 2 rings (SSSR count). The van der Waals surface area contributed by atoms with Gasteiger partial charge >= 0.3 is 0 Å². The third-order valence-corrected chi connectivity index (χ3v) is 2.72. The van der Waals surface area contributed by atoms with E-state index in [2.05, 4.69) is 40.0 Å². The summed E-state index contributed by atoms with van der Waals surface area (Å²) in [4.78, 5) is 4.29. The summed E-state index contributed by atoms with van der Waals surface area (Å²) in [6.45, 7) is 5.90. The van der Waals surface area contributed by atoms with Gasteiger partial charge in [0.15, 0.2) is 0 Å². The molecule has 0 aromatic carbocycles. The van der Waals surface area contributed by atoms with E-state index in [9.17, 15) is 0 Å². The Hall–Kier alpha value is -1.78. The molecule has 0 fully saturated rings. The molecule has 0 aliphatic carbocycles. The monoisotopic (exact) mass is 233 g/mol. The number of hydrogen-bond acceptors (Lipinski definition) is 3. The van der Waals surface area contributed by atoms with E-state index in [0.29, 0.717) is 0 Å². The van der Waals surface area contributed by atoms with E-state index in [4.69, 9.17) is 0 Å². The van der Waals surface area contributed by atoms with Crippen LogP contribution in [-0.2, 0) is 20.0 Å². The second-order valence-electron chi connectivity index (χ2n) is 4.04. The van der Waals surface area contributed by atoms with Crippen molar-refractivity contribution in [2.75, 3.05) is 11.9 Å². The highest BCUT2D eigenvalue weighted by molar-refractivity contribution is 5.28. The van der Waals surface area contributed by atoms with Crippen LogP contribution in [0.1, 0.15) is 25.1 Å². The average Bonchev–Trinajstić information content (AvgIpc) is 2.87. The largest absolute Gasteiger partial charge is 0.356 e. The van der Waals surface area contributed by atoms with Gasteiger partial charge in [-0.1, -0.05) is 6.92 Å². The van der Waals surface area contributed by atoms with Crippen LogP contribution in [0.2, 0.25) is 0 Å². The van der Waals surface area contributed by atoms with Crippen molar-refractivity contribution in [3.05, 3.63) is 29.8 Å². The fourth-order valence-corrected chi connectivity index (χ4v) is 1.96. The van der Waals surface area contributed by atoms with Crippen molar-refractivity contribution in [2.24, 2.45) is 7.05 Å². The third kappa shape index (κ3) is 2.49. The Bertz CT molecular complexity index is 483. The topological polar surface area (TPSA) is 47.7 Å². The van der Waals surface area contributed by atoms with Crippen LogP contribution in [0.3, 0.4) is 0 Å². The molecule has 2 aromatic heterocycles. The van der Waals surface area contributed by atoms with Crippen LogP contribution in [0, 0.1) is 0 Å². The first-order chi connectivity index (χ1) is 8.24. The van der Waals surface area contributed by atoms with E-state index >= 15 is 0 Å². The smallest absolute Gasteiger partial charge is 0.203 e. The molecule has 0 aliphatic heterocycles. The van der Waals surface area contributed by atoms with E-state index in [0.717, 1.165) is 31.2 Å². The SMILES string of the molecule is CCNc1nccn1Cc1cn(C)nc1CC. The number of nitrogens with zero attached hydrogens (tertiary/aromatic N) is 4. The number of imidazole rings is 1. The molecule has 0 atom stereocenters. The molecule has 0 amide bonds. The lowest BCUT2D eigenvalue weighted by Crippen LogP contribution is -2.07. The lowest BCUT2D eigenvalue weighted by Gasteiger charge is -2.07. The molecule has 2 heterocycles. The van der Waals surface area contributed by atoms with Crippen LogP contribution >= 0.6 is 0 Å². The van der Waals surface area contributed by atoms with Crippen LogP contribution in [0.4, 0.5) is 5.95 Å². The number of anilines is 1. The number of aryl methyl sites for hydroxylation is 2. The van der Waals surface area contributed by atoms with E-state index in [1.807, 2.05) is 24.1 Å². The van der Waals surface area contributed by atoms with Crippen molar-refractivity contribution < 1.29 is 0 Å². The molecular weight excluding hydrogens is 214 g/mol. The number of rotatable bonds is 5. The normalized spacial score (nSPS) is 10.8. The highest BCUT2D eigenvalue weighted by Gasteiger charge is 2.08. The zero-order valence-electron chi connectivity index (χ0n) is 10.6. The first-order valence-electron chi connectivity index (χ1n) is 6.01. The second-order valence-corrected chi connectivity index (χ2v) is 4.04. The molecule has 0 spiro atoms. The van der Waals surface area contributed by atoms with Gasteiger partial charge in [-0.3, -0.25) is 4.68 Å². The van der Waals surface area contributed by atoms with Gasteiger partial charge in [0.2, 0.25) is 5.95 Å². The Morgan fingerprint density at radius 1 is 1.35 bits per heavy atom. The van der Waals surface area contributed by atoms with Gasteiger partial charge in [0.1, 0.15) is 0 Å². The summed E-state index contributed by atoms with van der Waals surface area (Å²) >= 11 is 0. The van der Waals surface area contributed by atoms with E-state index < -0.39 is 0 Å². The maximum Gasteiger partial charge on any atom is 0.203 e. The number of aromatic nitrogens is 4. The molecule has 2 aromatic rings. The Morgan fingerprint density at radius 3 is 2.88 bits per heavy atom. The molecule has 5 heteroatoms. The lowest BCUT2D eigenvalue weighted by molar-refractivity contribution is 0.746. The van der Waals surface area contributed by atoms with Crippen LogP contribution in [0.5, 0.6) is 0 Å². The standard InChI is InChI=1S/C12H19N5/c1-4-11-10(8-16(3)15-11)9-17-7-6-14-12(17)13-5-2/h6-8H,4-5,9H2,1-3H3,(H,13,14). The van der Waals surface area contributed by atoms with Gasteiger partial charge in [-0.05, 0) is 13.3 Å². The first-order valence-corrected chi connectivity index (χ1v) is 6.01. The van der Waals surface area contributed by atoms with Crippen molar-refractivity contribution in [1.82, 2.24) is 19.3 Å². The summed E-state index contributed by atoms with van der Waals surface area (Å²) in [7, 11) is 1.96. The lowest BCUT2D eigenvalue weighted by atomic mass is 10.2. The fourth-order valence-electron chi connectivity index (χ4n) is 1.96. The van der Waals surface area contributed by atoms with Gasteiger partial charge < -0.3 is 9.88 Å². The Kier molecular flexibility index (Phi) is 3.46. The van der Waals surface area contributed by atoms with Crippen molar-refractivity contribution >= 4 is 5.95 Å². The Labute approximate surface area is 101 Å². The molecule has 0 aliphatic rings. The van der Waals surface area contributed by atoms with Gasteiger partial charge in [0, 0.05) is 37.7 Å². The molecule has 17 heavy (non-hydrogen) atoms. The molecule has 0 radical (unpaired) electrons. The fraction of sp³-hybridized carbons (Fsp3) is 0.500. The number of nitrogens with one attached hydrogen (secondary N) is 1. The Morgan fingerprint density at radius 2 is 2.18 bits per heavy atom. The predicted octanol–water partition coefficient (Wildman–Crippen LogP) is 1.66. The molecule has 5 nitrogen and oxygen atoms in total. The van der Waals surface area contributed by atoms with E-state index in [-0.39, 0.29) is 0 Å². The minimum atomic E-state index is 0.819. The van der Waals surface area contributed by atoms with Crippen molar-refractivity contribution in [2.45, 2.75) is 26.8 Å². The minimum absolute atomic E-state index is 0.819. The average molecular weight is 233 g/mol. The van der Waals surface area contributed by atoms with Crippen LogP contribution in [-0.4, -0.2) is 25.9 Å². The van der Waals surface area contributed by atoms with Gasteiger partial charge in [-0.15, -0.1) is 0 Å². The van der Waals surface area contributed by atoms with Gasteiger partial charge in [0.05, 0.1) is 12.2 Å². The van der Waals surface area contributed by atoms with E-state index in [1.54, 1.807) is 0 Å². The molecule has 0 unspecified atom stereocenters. The Balaban J connectivity index is 2.21. The highest BCUT2D eigenvalue weighted by atomic mass is 15.3. The van der Waals surface area contributed by atoms with Crippen LogP contribution in [0.25, 0.3) is 0 Å². The summed E-state index contributed by atoms with van der Waals surface area (Å²) in [6, 6.07) is 0. The maximum atomic E-state index is 4.45. The summed E-state index contributed by atoms with van der Waals surface area (Å²) in [5.41, 5.74) is 2.41. The molecule has 1 N–H and O–H groups in total. The van der Waals surface area contributed by atoms with Gasteiger partial charge in [-0.25, -0.2) is 4.98 Å². The second kappa shape index (κ2) is 5.03. The minimum Gasteiger partial charge on any atom is -0.356 e. The zero-order valence-corrected chi connectivity index (χ0v) is 10.6. The quantitative estimate of drug-likeness (QED) is 0.854. The van der Waals surface area contributed by atoms with Crippen molar-refractivity contribution in [3.8, 4) is 0 Å². The first kappa shape index (κ1) is 11.7. The van der Waals surface area contributed by atoms with Gasteiger partial charge in [-0.2, -0.15) is 5.10 Å².